The average Bonchev–Trinajstić information content (AvgIpc) is 3.15. The molecule has 0 radical (unpaired) electrons. The van der Waals surface area contributed by atoms with Gasteiger partial charge in [0.25, 0.3) is 0 Å². The van der Waals surface area contributed by atoms with Crippen molar-refractivity contribution in [2.75, 3.05) is 6.54 Å². The van der Waals surface area contributed by atoms with Gasteiger partial charge in [-0.2, -0.15) is 0 Å². The van der Waals surface area contributed by atoms with Crippen LogP contribution in [0.4, 0.5) is 4.79 Å². The minimum atomic E-state index is -0.430. The van der Waals surface area contributed by atoms with Crippen LogP contribution in [-0.4, -0.2) is 30.3 Å². The van der Waals surface area contributed by atoms with E-state index in [1.54, 1.807) is 0 Å². The minimum Gasteiger partial charge on any atom is -0.444 e. The van der Waals surface area contributed by atoms with E-state index in [1.807, 2.05) is 20.8 Å². The molecule has 1 saturated carbocycles. The second kappa shape index (κ2) is 7.87. The standard InChI is InChI=1S/C16H32N2O2/c1-6-8-13(7-2)18-14(12-9-10-12)11-17-15(19)20-16(3,4)5/h12-14,18H,6-11H2,1-5H3,(H,17,19). The molecule has 1 amide bonds. The van der Waals surface area contributed by atoms with E-state index < -0.39 is 5.60 Å². The smallest absolute Gasteiger partial charge is 0.407 e. The maximum Gasteiger partial charge on any atom is 0.407 e. The van der Waals surface area contributed by atoms with Crippen LogP contribution in [0.2, 0.25) is 0 Å². The van der Waals surface area contributed by atoms with Gasteiger partial charge in [-0.25, -0.2) is 4.79 Å². The third kappa shape index (κ3) is 7.13. The first-order valence-corrected chi connectivity index (χ1v) is 8.08. The molecule has 0 aliphatic heterocycles. The fraction of sp³-hybridized carbons (Fsp3) is 0.938. The number of alkyl carbamates (subject to hydrolysis) is 1. The van der Waals surface area contributed by atoms with Crippen molar-refractivity contribution in [1.82, 2.24) is 10.6 Å². The van der Waals surface area contributed by atoms with E-state index in [2.05, 4.69) is 24.5 Å². The van der Waals surface area contributed by atoms with Crippen LogP contribution in [0.25, 0.3) is 0 Å². The summed E-state index contributed by atoms with van der Waals surface area (Å²) < 4.78 is 5.29. The molecule has 4 nitrogen and oxygen atoms in total. The third-order valence-corrected chi connectivity index (χ3v) is 3.64. The Morgan fingerprint density at radius 2 is 1.95 bits per heavy atom. The monoisotopic (exact) mass is 284 g/mol. The van der Waals surface area contributed by atoms with E-state index in [0.717, 1.165) is 12.3 Å². The highest BCUT2D eigenvalue weighted by atomic mass is 16.6. The van der Waals surface area contributed by atoms with Gasteiger partial charge < -0.3 is 15.4 Å². The number of nitrogens with one attached hydrogen (secondary N) is 2. The van der Waals surface area contributed by atoms with E-state index in [0.29, 0.717) is 18.6 Å². The van der Waals surface area contributed by atoms with E-state index >= 15 is 0 Å². The number of carbonyl (C=O) groups is 1. The van der Waals surface area contributed by atoms with E-state index in [4.69, 9.17) is 4.74 Å². The summed E-state index contributed by atoms with van der Waals surface area (Å²) in [5.74, 6) is 0.718. The molecule has 0 spiro atoms. The molecule has 118 valence electrons. The summed E-state index contributed by atoms with van der Waals surface area (Å²) >= 11 is 0. The van der Waals surface area contributed by atoms with Gasteiger partial charge in [0.05, 0.1) is 0 Å². The first kappa shape index (κ1) is 17.3. The minimum absolute atomic E-state index is 0.312. The molecule has 0 aromatic rings. The second-order valence-electron chi connectivity index (χ2n) is 6.89. The predicted octanol–water partition coefficient (Wildman–Crippen LogP) is 3.46. The van der Waals surface area contributed by atoms with Crippen LogP contribution < -0.4 is 10.6 Å². The van der Waals surface area contributed by atoms with Gasteiger partial charge in [0.15, 0.2) is 0 Å². The molecular weight excluding hydrogens is 252 g/mol. The van der Waals surface area contributed by atoms with Crippen LogP contribution in [0, 0.1) is 5.92 Å². The Morgan fingerprint density at radius 3 is 2.40 bits per heavy atom. The van der Waals surface area contributed by atoms with Gasteiger partial charge in [-0.3, -0.25) is 0 Å². The maximum absolute atomic E-state index is 11.7. The number of hydrogen-bond acceptors (Lipinski definition) is 3. The Hall–Kier alpha value is -0.770. The van der Waals surface area contributed by atoms with Crippen LogP contribution in [0.15, 0.2) is 0 Å². The number of ether oxygens (including phenoxy) is 1. The number of amides is 1. The van der Waals surface area contributed by atoms with Crippen molar-refractivity contribution in [3.63, 3.8) is 0 Å². The lowest BCUT2D eigenvalue weighted by atomic mass is 10.1. The molecule has 1 aliphatic rings. The molecule has 1 rings (SSSR count). The van der Waals surface area contributed by atoms with Crippen molar-refractivity contribution in [2.24, 2.45) is 5.92 Å². The first-order valence-electron chi connectivity index (χ1n) is 8.08. The Labute approximate surface area is 124 Å². The molecule has 0 aromatic heterocycles. The zero-order valence-corrected chi connectivity index (χ0v) is 13.8. The van der Waals surface area contributed by atoms with Crippen molar-refractivity contribution in [3.8, 4) is 0 Å². The molecule has 1 fully saturated rings. The van der Waals surface area contributed by atoms with Crippen molar-refractivity contribution in [3.05, 3.63) is 0 Å². The van der Waals surface area contributed by atoms with Crippen LogP contribution in [-0.2, 0) is 4.74 Å². The summed E-state index contributed by atoms with van der Waals surface area (Å²) in [6, 6.07) is 0.949. The predicted molar refractivity (Wildman–Crippen MR) is 82.9 cm³/mol. The normalized spacial score (nSPS) is 18.4. The molecule has 20 heavy (non-hydrogen) atoms. The van der Waals surface area contributed by atoms with E-state index in [-0.39, 0.29) is 6.09 Å². The average molecular weight is 284 g/mol. The lowest BCUT2D eigenvalue weighted by Gasteiger charge is -2.26. The third-order valence-electron chi connectivity index (χ3n) is 3.64. The van der Waals surface area contributed by atoms with Gasteiger partial charge in [-0.1, -0.05) is 20.3 Å². The largest absolute Gasteiger partial charge is 0.444 e. The van der Waals surface area contributed by atoms with Crippen molar-refractivity contribution in [1.29, 1.82) is 0 Å². The molecule has 0 bridgehead atoms. The van der Waals surface area contributed by atoms with Gasteiger partial charge >= 0.3 is 6.09 Å². The maximum atomic E-state index is 11.7. The molecule has 1 aliphatic carbocycles. The zero-order valence-electron chi connectivity index (χ0n) is 13.8. The van der Waals surface area contributed by atoms with E-state index in [9.17, 15) is 4.79 Å². The van der Waals surface area contributed by atoms with Crippen LogP contribution in [0.5, 0.6) is 0 Å². The van der Waals surface area contributed by atoms with Crippen molar-refractivity contribution < 1.29 is 9.53 Å². The van der Waals surface area contributed by atoms with Crippen LogP contribution in [0.3, 0.4) is 0 Å². The molecule has 4 heteroatoms. The Kier molecular flexibility index (Phi) is 6.80. The van der Waals surface area contributed by atoms with Crippen molar-refractivity contribution in [2.45, 2.75) is 84.4 Å². The number of hydrogen-bond donors (Lipinski definition) is 2. The molecule has 0 aromatic carbocycles. The molecule has 0 saturated heterocycles. The second-order valence-corrected chi connectivity index (χ2v) is 6.89. The highest BCUT2D eigenvalue weighted by molar-refractivity contribution is 5.67. The summed E-state index contributed by atoms with van der Waals surface area (Å²) in [7, 11) is 0. The summed E-state index contributed by atoms with van der Waals surface area (Å²) in [6.07, 6.45) is 5.78. The Balaban J connectivity index is 2.37. The number of rotatable bonds is 8. The highest BCUT2D eigenvalue weighted by Gasteiger charge is 2.32. The van der Waals surface area contributed by atoms with Gasteiger partial charge in [0.1, 0.15) is 5.60 Å². The molecule has 2 N–H and O–H groups in total. The van der Waals surface area contributed by atoms with E-state index in [1.165, 1.54) is 25.7 Å². The summed E-state index contributed by atoms with van der Waals surface area (Å²) in [4.78, 5) is 11.7. The van der Waals surface area contributed by atoms with Gasteiger partial charge in [-0.05, 0) is 52.4 Å². The lowest BCUT2D eigenvalue weighted by Crippen LogP contribution is -2.47. The fourth-order valence-electron chi connectivity index (χ4n) is 2.42. The van der Waals surface area contributed by atoms with Gasteiger partial charge in [-0.15, -0.1) is 0 Å². The summed E-state index contributed by atoms with van der Waals surface area (Å²) in [5.41, 5.74) is -0.430. The molecular formula is C16H32N2O2. The SMILES string of the molecule is CCCC(CC)NC(CNC(=O)OC(C)(C)C)C1CC1. The zero-order chi connectivity index (χ0) is 15.2. The quantitative estimate of drug-likeness (QED) is 0.717. The van der Waals surface area contributed by atoms with Gasteiger partial charge in [0.2, 0.25) is 0 Å². The van der Waals surface area contributed by atoms with Gasteiger partial charge in [0, 0.05) is 18.6 Å². The van der Waals surface area contributed by atoms with Crippen LogP contribution in [0.1, 0.15) is 66.7 Å². The summed E-state index contributed by atoms with van der Waals surface area (Å²) in [5, 5.41) is 6.62. The molecule has 0 heterocycles. The molecule has 2 atom stereocenters. The number of carbonyl (C=O) groups excluding carboxylic acids is 1. The molecule has 2 unspecified atom stereocenters. The topological polar surface area (TPSA) is 50.4 Å². The Bertz CT molecular complexity index is 295. The first-order chi connectivity index (χ1) is 9.35. The highest BCUT2D eigenvalue weighted by Crippen LogP contribution is 2.33. The Morgan fingerprint density at radius 1 is 1.30 bits per heavy atom. The van der Waals surface area contributed by atoms with Crippen LogP contribution >= 0.6 is 0 Å². The fourth-order valence-corrected chi connectivity index (χ4v) is 2.42. The summed E-state index contributed by atoms with van der Waals surface area (Å²) in [6.45, 7) is 10.8. The van der Waals surface area contributed by atoms with Crippen molar-refractivity contribution >= 4 is 6.09 Å². The lowest BCUT2D eigenvalue weighted by molar-refractivity contribution is 0.0520.